The molecule has 0 bridgehead atoms. The molecule has 1 aliphatic carbocycles. The molecular weight excluding hydrogens is 276 g/mol. The Kier molecular flexibility index (Phi) is 10.0. The van der Waals surface area contributed by atoms with Crippen LogP contribution >= 0.6 is 11.8 Å². The van der Waals surface area contributed by atoms with Crippen LogP contribution in [0.1, 0.15) is 59.3 Å². The molecule has 2 nitrogen and oxygen atoms in total. The van der Waals surface area contributed by atoms with Crippen LogP contribution in [0.2, 0.25) is 0 Å². The lowest BCUT2D eigenvalue weighted by Gasteiger charge is -2.40. The monoisotopic (exact) mass is 314 g/mol. The van der Waals surface area contributed by atoms with Gasteiger partial charge in [0.25, 0.3) is 0 Å². The molecule has 0 saturated heterocycles. The van der Waals surface area contributed by atoms with E-state index in [0.717, 1.165) is 17.9 Å². The van der Waals surface area contributed by atoms with Gasteiger partial charge in [0.05, 0.1) is 0 Å². The van der Waals surface area contributed by atoms with E-state index < -0.39 is 0 Å². The minimum Gasteiger partial charge on any atom is -0.314 e. The number of hydrogen-bond donors (Lipinski definition) is 1. The second-order valence-corrected chi connectivity index (χ2v) is 7.94. The lowest BCUT2D eigenvalue weighted by molar-refractivity contribution is 0.136. The van der Waals surface area contributed by atoms with Crippen LogP contribution in [-0.4, -0.2) is 49.1 Å². The Hall–Kier alpha value is 0.270. The summed E-state index contributed by atoms with van der Waals surface area (Å²) in [5.41, 5.74) is 0. The van der Waals surface area contributed by atoms with Gasteiger partial charge in [-0.1, -0.05) is 26.7 Å². The Morgan fingerprint density at radius 2 is 2.00 bits per heavy atom. The topological polar surface area (TPSA) is 15.3 Å². The Bertz CT molecular complexity index is 260. The summed E-state index contributed by atoms with van der Waals surface area (Å²) < 4.78 is 0. The smallest absolute Gasteiger partial charge is 0.0155 e. The van der Waals surface area contributed by atoms with Gasteiger partial charge in [-0.25, -0.2) is 0 Å². The van der Waals surface area contributed by atoms with Crippen LogP contribution in [0.4, 0.5) is 0 Å². The fraction of sp³-hybridized carbons (Fsp3) is 1.00. The fourth-order valence-corrected chi connectivity index (χ4v) is 4.49. The van der Waals surface area contributed by atoms with Gasteiger partial charge in [0.15, 0.2) is 0 Å². The van der Waals surface area contributed by atoms with Crippen molar-refractivity contribution in [2.75, 3.05) is 32.1 Å². The van der Waals surface area contributed by atoms with Gasteiger partial charge in [-0.05, 0) is 64.3 Å². The highest BCUT2D eigenvalue weighted by Crippen LogP contribution is 2.33. The van der Waals surface area contributed by atoms with Crippen LogP contribution in [0.3, 0.4) is 0 Å². The maximum absolute atomic E-state index is 3.83. The summed E-state index contributed by atoms with van der Waals surface area (Å²) in [5.74, 6) is 3.06. The van der Waals surface area contributed by atoms with Gasteiger partial charge < -0.3 is 10.2 Å². The first-order chi connectivity index (χ1) is 10.1. The van der Waals surface area contributed by atoms with E-state index in [1.807, 2.05) is 11.8 Å². The molecule has 0 spiro atoms. The fourth-order valence-electron chi connectivity index (χ4n) is 3.75. The van der Waals surface area contributed by atoms with E-state index in [2.05, 4.69) is 44.3 Å². The first kappa shape index (κ1) is 19.3. The summed E-state index contributed by atoms with van der Waals surface area (Å²) in [5, 5.41) is 3.83. The minimum absolute atomic E-state index is 0.693. The third-order valence-corrected chi connectivity index (χ3v) is 5.94. The van der Waals surface area contributed by atoms with Gasteiger partial charge in [0.1, 0.15) is 0 Å². The molecule has 0 aromatic carbocycles. The lowest BCUT2D eigenvalue weighted by atomic mass is 9.76. The molecule has 1 N–H and O–H groups in total. The van der Waals surface area contributed by atoms with Gasteiger partial charge in [-0.15, -0.1) is 0 Å². The van der Waals surface area contributed by atoms with Gasteiger partial charge >= 0.3 is 0 Å². The maximum Gasteiger partial charge on any atom is 0.0155 e. The molecule has 0 heterocycles. The molecule has 0 amide bonds. The Morgan fingerprint density at radius 3 is 2.62 bits per heavy atom. The largest absolute Gasteiger partial charge is 0.314 e. The van der Waals surface area contributed by atoms with Crippen LogP contribution in [0.25, 0.3) is 0 Å². The average molecular weight is 315 g/mol. The molecular formula is C18H38N2S. The van der Waals surface area contributed by atoms with Gasteiger partial charge in [0, 0.05) is 24.4 Å². The van der Waals surface area contributed by atoms with E-state index in [4.69, 9.17) is 0 Å². The summed E-state index contributed by atoms with van der Waals surface area (Å²) in [6.07, 6.45) is 10.5. The summed E-state index contributed by atoms with van der Waals surface area (Å²) in [7, 11) is 2.32. The zero-order valence-corrected chi connectivity index (χ0v) is 15.8. The molecule has 0 radical (unpaired) electrons. The first-order valence-electron chi connectivity index (χ1n) is 9.04. The molecule has 21 heavy (non-hydrogen) atoms. The molecule has 3 heteroatoms. The van der Waals surface area contributed by atoms with Crippen LogP contribution in [0.15, 0.2) is 0 Å². The van der Waals surface area contributed by atoms with Crippen molar-refractivity contribution in [3.63, 3.8) is 0 Å². The quantitative estimate of drug-likeness (QED) is 0.649. The van der Waals surface area contributed by atoms with Gasteiger partial charge in [0.2, 0.25) is 0 Å². The molecule has 1 fully saturated rings. The van der Waals surface area contributed by atoms with Crippen molar-refractivity contribution in [3.8, 4) is 0 Å². The average Bonchev–Trinajstić information content (AvgIpc) is 2.47. The zero-order valence-electron chi connectivity index (χ0n) is 15.0. The zero-order chi connectivity index (χ0) is 15.7. The van der Waals surface area contributed by atoms with Gasteiger partial charge in [-0.2, -0.15) is 11.8 Å². The molecule has 4 unspecified atom stereocenters. The van der Waals surface area contributed by atoms with E-state index in [1.165, 1.54) is 57.4 Å². The van der Waals surface area contributed by atoms with Crippen molar-refractivity contribution in [2.45, 2.75) is 71.4 Å². The number of hydrogen-bond acceptors (Lipinski definition) is 3. The molecule has 1 aliphatic rings. The highest BCUT2D eigenvalue weighted by atomic mass is 32.2. The number of nitrogens with zero attached hydrogens (tertiary/aromatic N) is 1. The summed E-state index contributed by atoms with van der Waals surface area (Å²) in [6.45, 7) is 9.44. The van der Waals surface area contributed by atoms with Crippen LogP contribution < -0.4 is 5.32 Å². The van der Waals surface area contributed by atoms with E-state index in [0.29, 0.717) is 6.04 Å². The van der Waals surface area contributed by atoms with Gasteiger partial charge in [-0.3, -0.25) is 0 Å². The lowest BCUT2D eigenvalue weighted by Crippen LogP contribution is -2.47. The molecule has 1 rings (SSSR count). The summed E-state index contributed by atoms with van der Waals surface area (Å²) in [4.78, 5) is 2.59. The number of nitrogens with one attached hydrogen (secondary N) is 1. The third kappa shape index (κ3) is 6.92. The molecule has 1 saturated carbocycles. The van der Waals surface area contributed by atoms with Crippen molar-refractivity contribution in [1.82, 2.24) is 10.2 Å². The van der Waals surface area contributed by atoms with Crippen molar-refractivity contribution in [1.29, 1.82) is 0 Å². The Balaban J connectivity index is 2.55. The molecule has 0 aromatic rings. The van der Waals surface area contributed by atoms with Crippen molar-refractivity contribution in [3.05, 3.63) is 0 Å². The maximum atomic E-state index is 3.83. The van der Waals surface area contributed by atoms with Crippen LogP contribution in [0, 0.1) is 11.8 Å². The van der Waals surface area contributed by atoms with Crippen molar-refractivity contribution in [2.24, 2.45) is 11.8 Å². The molecule has 4 atom stereocenters. The molecule has 126 valence electrons. The number of rotatable bonds is 10. The van der Waals surface area contributed by atoms with Crippen LogP contribution in [0.5, 0.6) is 0 Å². The second kappa shape index (κ2) is 10.9. The third-order valence-electron chi connectivity index (χ3n) is 5.13. The van der Waals surface area contributed by atoms with Crippen molar-refractivity contribution >= 4 is 11.8 Å². The Morgan fingerprint density at radius 1 is 1.24 bits per heavy atom. The SMILES string of the molecule is CCCNC1CCC(CCC)CC1CN(C)C(C)CSC. The predicted octanol–water partition coefficient (Wildman–Crippen LogP) is 4.25. The Labute approximate surface area is 137 Å². The normalized spacial score (nSPS) is 28.0. The van der Waals surface area contributed by atoms with E-state index >= 15 is 0 Å². The predicted molar refractivity (Wildman–Crippen MR) is 98.3 cm³/mol. The second-order valence-electron chi connectivity index (χ2n) is 7.03. The van der Waals surface area contributed by atoms with Crippen molar-refractivity contribution < 1.29 is 0 Å². The first-order valence-corrected chi connectivity index (χ1v) is 10.4. The number of thioether (sulfide) groups is 1. The van der Waals surface area contributed by atoms with Crippen LogP contribution in [-0.2, 0) is 0 Å². The molecule has 0 aromatic heterocycles. The highest BCUT2D eigenvalue weighted by Gasteiger charge is 2.31. The standard InChI is InChI=1S/C18H38N2S/c1-6-8-16-9-10-18(19-11-7-2)17(12-16)13-20(4)15(3)14-21-5/h15-19H,6-14H2,1-5H3. The summed E-state index contributed by atoms with van der Waals surface area (Å²) in [6, 6.07) is 1.44. The highest BCUT2D eigenvalue weighted by molar-refractivity contribution is 7.98. The van der Waals surface area contributed by atoms with E-state index in [9.17, 15) is 0 Å². The summed E-state index contributed by atoms with van der Waals surface area (Å²) >= 11 is 1.97. The molecule has 0 aliphatic heterocycles. The van der Waals surface area contributed by atoms with E-state index in [-0.39, 0.29) is 0 Å². The van der Waals surface area contributed by atoms with E-state index in [1.54, 1.807) is 0 Å². The minimum atomic E-state index is 0.693.